The normalized spacial score (nSPS) is 10.7. The quantitative estimate of drug-likeness (QED) is 0.823. The van der Waals surface area contributed by atoms with E-state index in [1.807, 2.05) is 13.8 Å². The van der Waals surface area contributed by atoms with Crippen LogP contribution in [0.3, 0.4) is 0 Å². The molecule has 0 fully saturated rings. The predicted octanol–water partition coefficient (Wildman–Crippen LogP) is 4.47. The first-order valence-corrected chi connectivity index (χ1v) is 6.36. The van der Waals surface area contributed by atoms with E-state index in [1.54, 1.807) is 6.07 Å². The average Bonchev–Trinajstić information content (AvgIpc) is 2.33. The van der Waals surface area contributed by atoms with Gasteiger partial charge in [-0.2, -0.15) is 0 Å². The van der Waals surface area contributed by atoms with Crippen LogP contribution in [0.25, 0.3) is 11.3 Å². The first kappa shape index (κ1) is 13.2. The first-order valence-electron chi connectivity index (χ1n) is 5.58. The van der Waals surface area contributed by atoms with Gasteiger partial charge in [0.15, 0.2) is 0 Å². The van der Waals surface area contributed by atoms with Crippen LogP contribution in [0.15, 0.2) is 18.2 Å². The van der Waals surface area contributed by atoms with Crippen LogP contribution >= 0.6 is 23.8 Å². The fourth-order valence-corrected chi connectivity index (χ4v) is 2.18. The zero-order valence-corrected chi connectivity index (χ0v) is 11.6. The molecular weight excluding hydrogens is 271 g/mol. The average molecular weight is 283 g/mol. The molecular formula is C13H12ClFN2S. The van der Waals surface area contributed by atoms with Crippen molar-refractivity contribution in [3.63, 3.8) is 0 Å². The highest BCUT2D eigenvalue weighted by Gasteiger charge is 2.10. The number of hydrogen-bond acceptors (Lipinski definition) is 2. The van der Waals surface area contributed by atoms with Crippen LogP contribution in [-0.2, 0) is 6.42 Å². The van der Waals surface area contributed by atoms with Crippen molar-refractivity contribution in [2.45, 2.75) is 20.3 Å². The molecule has 1 heterocycles. The van der Waals surface area contributed by atoms with Crippen molar-refractivity contribution in [3.05, 3.63) is 45.1 Å². The van der Waals surface area contributed by atoms with Gasteiger partial charge in [0.2, 0.25) is 0 Å². The van der Waals surface area contributed by atoms with Gasteiger partial charge in [-0.25, -0.2) is 9.37 Å². The largest absolute Gasteiger partial charge is 0.343 e. The van der Waals surface area contributed by atoms with Gasteiger partial charge in [0.25, 0.3) is 0 Å². The summed E-state index contributed by atoms with van der Waals surface area (Å²) in [6.07, 6.45) is 0.746. The molecule has 0 saturated carbocycles. The number of benzene rings is 1. The molecule has 0 aliphatic carbocycles. The molecule has 1 aromatic carbocycles. The van der Waals surface area contributed by atoms with Crippen LogP contribution in [0, 0.1) is 17.4 Å². The Labute approximate surface area is 115 Å². The monoisotopic (exact) mass is 282 g/mol. The Morgan fingerprint density at radius 2 is 2.17 bits per heavy atom. The van der Waals surface area contributed by atoms with E-state index in [4.69, 9.17) is 23.8 Å². The van der Waals surface area contributed by atoms with Gasteiger partial charge in [0.1, 0.15) is 16.3 Å². The molecule has 1 N–H and O–H groups in total. The summed E-state index contributed by atoms with van der Waals surface area (Å²) in [7, 11) is 0. The molecule has 1 aromatic heterocycles. The molecule has 0 atom stereocenters. The van der Waals surface area contributed by atoms with Crippen molar-refractivity contribution < 1.29 is 4.39 Å². The van der Waals surface area contributed by atoms with Gasteiger partial charge < -0.3 is 4.98 Å². The molecule has 2 aromatic rings. The Kier molecular flexibility index (Phi) is 3.78. The lowest BCUT2D eigenvalue weighted by Crippen LogP contribution is -1.99. The molecule has 0 aliphatic heterocycles. The van der Waals surface area contributed by atoms with E-state index in [2.05, 4.69) is 9.97 Å². The number of halogens is 2. The van der Waals surface area contributed by atoms with Gasteiger partial charge >= 0.3 is 0 Å². The summed E-state index contributed by atoms with van der Waals surface area (Å²) in [5.41, 5.74) is 2.38. The Bertz CT molecular complexity index is 652. The topological polar surface area (TPSA) is 28.7 Å². The molecule has 0 aliphatic rings. The lowest BCUT2D eigenvalue weighted by Gasteiger charge is -2.10. The van der Waals surface area contributed by atoms with E-state index >= 15 is 0 Å². The molecule has 0 unspecified atom stereocenters. The number of aromatic nitrogens is 2. The van der Waals surface area contributed by atoms with Gasteiger partial charge in [-0.05, 0) is 25.1 Å². The van der Waals surface area contributed by atoms with E-state index in [0.717, 1.165) is 29.1 Å². The molecule has 2 rings (SSSR count). The van der Waals surface area contributed by atoms with Crippen molar-refractivity contribution in [1.82, 2.24) is 9.97 Å². The third kappa shape index (κ3) is 2.44. The number of H-pyrrole nitrogens is 1. The number of nitrogens with zero attached hydrogens (tertiary/aromatic N) is 1. The number of hydrogen-bond donors (Lipinski definition) is 1. The minimum Gasteiger partial charge on any atom is -0.343 e. The molecule has 2 nitrogen and oxygen atoms in total. The van der Waals surface area contributed by atoms with E-state index in [1.165, 1.54) is 12.1 Å². The smallest absolute Gasteiger partial charge is 0.133 e. The van der Waals surface area contributed by atoms with Crippen LogP contribution < -0.4 is 0 Å². The summed E-state index contributed by atoms with van der Waals surface area (Å²) in [4.78, 5) is 7.46. The Morgan fingerprint density at radius 3 is 2.78 bits per heavy atom. The van der Waals surface area contributed by atoms with Crippen molar-refractivity contribution in [2.75, 3.05) is 0 Å². The highest BCUT2D eigenvalue weighted by Crippen LogP contribution is 2.29. The van der Waals surface area contributed by atoms with Crippen LogP contribution in [0.2, 0.25) is 5.02 Å². The molecule has 18 heavy (non-hydrogen) atoms. The number of aromatic amines is 1. The van der Waals surface area contributed by atoms with Crippen LogP contribution in [0.5, 0.6) is 0 Å². The maximum atomic E-state index is 13.1. The molecule has 0 bridgehead atoms. The van der Waals surface area contributed by atoms with Crippen LogP contribution in [0.4, 0.5) is 4.39 Å². The third-order valence-electron chi connectivity index (χ3n) is 2.74. The van der Waals surface area contributed by atoms with Crippen LogP contribution in [0.1, 0.15) is 18.3 Å². The zero-order valence-electron chi connectivity index (χ0n) is 10.1. The van der Waals surface area contributed by atoms with E-state index in [9.17, 15) is 4.39 Å². The summed E-state index contributed by atoms with van der Waals surface area (Å²) in [6.45, 7) is 3.86. The minimum atomic E-state index is -0.357. The fraction of sp³-hybridized carbons (Fsp3) is 0.231. The molecule has 0 radical (unpaired) electrons. The third-order valence-corrected chi connectivity index (χ3v) is 3.45. The SMILES string of the molecule is CCc1nc(=S)c(C)c(-c2ccc(F)cc2Cl)[nH]1. The molecule has 94 valence electrons. The predicted molar refractivity (Wildman–Crippen MR) is 73.9 cm³/mol. The second-order valence-electron chi connectivity index (χ2n) is 3.97. The Balaban J connectivity index is 2.70. The Hall–Kier alpha value is -1.26. The number of rotatable bonds is 2. The summed E-state index contributed by atoms with van der Waals surface area (Å²) in [6, 6.07) is 4.31. The first-order chi connectivity index (χ1) is 8.52. The number of aryl methyl sites for hydroxylation is 1. The standard InChI is InChI=1S/C13H12ClFN2S/c1-3-11-16-12(7(2)13(18)17-11)9-5-4-8(15)6-10(9)14/h4-6H,3H2,1-2H3,(H,16,17,18). The lowest BCUT2D eigenvalue weighted by atomic mass is 10.1. The summed E-state index contributed by atoms with van der Waals surface area (Å²) in [5, 5.41) is 0.358. The second-order valence-corrected chi connectivity index (χ2v) is 4.76. The van der Waals surface area contributed by atoms with E-state index in [-0.39, 0.29) is 5.82 Å². The highest BCUT2D eigenvalue weighted by atomic mass is 35.5. The Morgan fingerprint density at radius 1 is 1.44 bits per heavy atom. The van der Waals surface area contributed by atoms with Gasteiger partial charge in [0.05, 0.1) is 10.7 Å². The van der Waals surface area contributed by atoms with Crippen molar-refractivity contribution in [3.8, 4) is 11.3 Å². The second kappa shape index (κ2) is 5.16. The summed E-state index contributed by atoms with van der Waals surface area (Å²) in [5.74, 6) is 0.436. The molecule has 0 saturated heterocycles. The van der Waals surface area contributed by atoms with Crippen molar-refractivity contribution >= 4 is 23.8 Å². The van der Waals surface area contributed by atoms with E-state index < -0.39 is 0 Å². The summed E-state index contributed by atoms with van der Waals surface area (Å²) < 4.78 is 13.6. The lowest BCUT2D eigenvalue weighted by molar-refractivity contribution is 0.628. The van der Waals surface area contributed by atoms with E-state index in [0.29, 0.717) is 9.66 Å². The maximum Gasteiger partial charge on any atom is 0.133 e. The van der Waals surface area contributed by atoms with Crippen LogP contribution in [-0.4, -0.2) is 9.97 Å². The van der Waals surface area contributed by atoms with Crippen molar-refractivity contribution in [1.29, 1.82) is 0 Å². The minimum absolute atomic E-state index is 0.357. The van der Waals surface area contributed by atoms with Crippen molar-refractivity contribution in [2.24, 2.45) is 0 Å². The zero-order chi connectivity index (χ0) is 13.3. The van der Waals surface area contributed by atoms with Gasteiger partial charge in [0, 0.05) is 17.5 Å². The molecule has 0 spiro atoms. The summed E-state index contributed by atoms with van der Waals surface area (Å²) >= 11 is 11.3. The fourth-order valence-electron chi connectivity index (χ4n) is 1.71. The van der Waals surface area contributed by atoms with Gasteiger partial charge in [-0.1, -0.05) is 30.7 Å². The molecule has 5 heteroatoms. The van der Waals surface area contributed by atoms with Gasteiger partial charge in [-0.3, -0.25) is 0 Å². The molecule has 0 amide bonds. The number of nitrogens with one attached hydrogen (secondary N) is 1. The highest BCUT2D eigenvalue weighted by molar-refractivity contribution is 7.71. The maximum absolute atomic E-state index is 13.1. The van der Waals surface area contributed by atoms with Gasteiger partial charge in [-0.15, -0.1) is 0 Å².